The number of hydrogen-bond acceptors (Lipinski definition) is 1. The summed E-state index contributed by atoms with van der Waals surface area (Å²) in [4.78, 5) is 1.26. The molecule has 12 heavy (non-hydrogen) atoms. The Morgan fingerprint density at radius 2 is 2.33 bits per heavy atom. The maximum atomic E-state index is 6.28. The van der Waals surface area contributed by atoms with E-state index in [2.05, 4.69) is 41.2 Å². The Balaban J connectivity index is 2.77. The van der Waals surface area contributed by atoms with Crippen molar-refractivity contribution in [3.8, 4) is 0 Å². The van der Waals surface area contributed by atoms with Crippen LogP contribution in [0.2, 0.25) is 0 Å². The zero-order chi connectivity index (χ0) is 9.14. The van der Waals surface area contributed by atoms with Gasteiger partial charge in [-0.1, -0.05) is 20.3 Å². The van der Waals surface area contributed by atoms with Gasteiger partial charge in [-0.2, -0.15) is 0 Å². The molecule has 0 saturated carbocycles. The molecule has 0 nitrogen and oxygen atoms in total. The van der Waals surface area contributed by atoms with E-state index in [1.807, 2.05) is 0 Å². The lowest BCUT2D eigenvalue weighted by molar-refractivity contribution is 0.546. The van der Waals surface area contributed by atoms with Gasteiger partial charge in [-0.05, 0) is 33.3 Å². The SMILES string of the molecule is CCC(C)C(Cl)c1sccc1Br. The molecule has 0 aliphatic rings. The Kier molecular flexibility index (Phi) is 4.08. The third kappa shape index (κ3) is 2.24. The monoisotopic (exact) mass is 266 g/mol. The molecule has 0 amide bonds. The predicted molar refractivity (Wildman–Crippen MR) is 60.1 cm³/mol. The third-order valence-corrected chi connectivity index (χ3v) is 4.77. The molecule has 0 spiro atoms. The molecular formula is C9H12BrClS. The molecule has 2 atom stereocenters. The number of halogens is 2. The fraction of sp³-hybridized carbons (Fsp3) is 0.556. The maximum Gasteiger partial charge on any atom is 0.0715 e. The van der Waals surface area contributed by atoms with E-state index in [1.54, 1.807) is 11.3 Å². The van der Waals surface area contributed by atoms with Gasteiger partial charge in [-0.25, -0.2) is 0 Å². The normalized spacial score (nSPS) is 16.0. The summed E-state index contributed by atoms with van der Waals surface area (Å²) in [5.74, 6) is 0.543. The second-order valence-corrected chi connectivity index (χ2v) is 5.19. The van der Waals surface area contributed by atoms with Gasteiger partial charge in [0.05, 0.1) is 5.38 Å². The Morgan fingerprint density at radius 3 is 2.75 bits per heavy atom. The van der Waals surface area contributed by atoms with Crippen molar-refractivity contribution in [3.05, 3.63) is 20.8 Å². The fourth-order valence-electron chi connectivity index (χ4n) is 0.968. The van der Waals surface area contributed by atoms with Crippen molar-refractivity contribution in [2.24, 2.45) is 5.92 Å². The Labute approximate surface area is 91.1 Å². The summed E-state index contributed by atoms with van der Waals surface area (Å²) in [6.07, 6.45) is 1.12. The van der Waals surface area contributed by atoms with Crippen LogP contribution in [0.4, 0.5) is 0 Å². The second-order valence-electron chi connectivity index (χ2n) is 2.92. The quantitative estimate of drug-likeness (QED) is 0.688. The van der Waals surface area contributed by atoms with E-state index in [0.717, 1.165) is 10.9 Å². The van der Waals surface area contributed by atoms with Gasteiger partial charge in [0.1, 0.15) is 0 Å². The maximum absolute atomic E-state index is 6.28. The molecule has 0 N–H and O–H groups in total. The van der Waals surface area contributed by atoms with E-state index in [-0.39, 0.29) is 5.38 Å². The lowest BCUT2D eigenvalue weighted by Crippen LogP contribution is -2.00. The molecule has 0 aliphatic carbocycles. The average Bonchev–Trinajstić information content (AvgIpc) is 2.48. The topological polar surface area (TPSA) is 0 Å². The number of rotatable bonds is 3. The van der Waals surface area contributed by atoms with E-state index in [4.69, 9.17) is 11.6 Å². The minimum atomic E-state index is 0.157. The Hall–Kier alpha value is 0.470. The van der Waals surface area contributed by atoms with Crippen LogP contribution in [-0.2, 0) is 0 Å². The van der Waals surface area contributed by atoms with E-state index in [1.165, 1.54) is 4.88 Å². The molecule has 1 aromatic heterocycles. The van der Waals surface area contributed by atoms with E-state index >= 15 is 0 Å². The Morgan fingerprint density at radius 1 is 1.67 bits per heavy atom. The van der Waals surface area contributed by atoms with Crippen molar-refractivity contribution in [1.29, 1.82) is 0 Å². The molecule has 0 radical (unpaired) electrons. The van der Waals surface area contributed by atoms with Crippen LogP contribution in [-0.4, -0.2) is 0 Å². The highest BCUT2D eigenvalue weighted by Crippen LogP contribution is 2.38. The number of hydrogen-bond donors (Lipinski definition) is 0. The summed E-state index contributed by atoms with van der Waals surface area (Å²) in [7, 11) is 0. The fourth-order valence-corrected chi connectivity index (χ4v) is 3.28. The van der Waals surface area contributed by atoms with Crippen LogP contribution in [0.5, 0.6) is 0 Å². The predicted octanol–water partition coefficient (Wildman–Crippen LogP) is 4.84. The standard InChI is InChI=1S/C9H12BrClS/c1-3-6(2)8(11)9-7(10)4-5-12-9/h4-6,8H,3H2,1-2H3. The van der Waals surface area contributed by atoms with Crippen LogP contribution in [0.15, 0.2) is 15.9 Å². The average molecular weight is 268 g/mol. The van der Waals surface area contributed by atoms with Gasteiger partial charge in [-0.15, -0.1) is 22.9 Å². The van der Waals surface area contributed by atoms with Crippen LogP contribution in [0, 0.1) is 5.92 Å². The summed E-state index contributed by atoms with van der Waals surface area (Å²) in [5, 5.41) is 2.22. The first-order valence-corrected chi connectivity index (χ1v) is 6.14. The molecular weight excluding hydrogens is 256 g/mol. The molecule has 0 saturated heterocycles. The van der Waals surface area contributed by atoms with Crippen LogP contribution >= 0.6 is 38.9 Å². The zero-order valence-electron chi connectivity index (χ0n) is 7.18. The smallest absolute Gasteiger partial charge is 0.0715 e. The lowest BCUT2D eigenvalue weighted by atomic mass is 10.0. The molecule has 3 heteroatoms. The highest BCUT2D eigenvalue weighted by atomic mass is 79.9. The van der Waals surface area contributed by atoms with Gasteiger partial charge >= 0.3 is 0 Å². The van der Waals surface area contributed by atoms with Gasteiger partial charge < -0.3 is 0 Å². The molecule has 0 aliphatic heterocycles. The molecule has 0 bridgehead atoms. The highest BCUT2D eigenvalue weighted by molar-refractivity contribution is 9.10. The van der Waals surface area contributed by atoms with Crippen LogP contribution in [0.1, 0.15) is 30.5 Å². The van der Waals surface area contributed by atoms with Crippen LogP contribution < -0.4 is 0 Å². The largest absolute Gasteiger partial charge is 0.146 e. The van der Waals surface area contributed by atoms with E-state index < -0.39 is 0 Å². The zero-order valence-corrected chi connectivity index (χ0v) is 10.3. The molecule has 0 aromatic carbocycles. The minimum absolute atomic E-state index is 0.157. The first-order valence-electron chi connectivity index (χ1n) is 4.03. The molecule has 1 rings (SSSR count). The van der Waals surface area contributed by atoms with Crippen LogP contribution in [0.3, 0.4) is 0 Å². The van der Waals surface area contributed by atoms with Crippen molar-refractivity contribution in [2.45, 2.75) is 25.6 Å². The van der Waals surface area contributed by atoms with Crippen molar-refractivity contribution < 1.29 is 0 Å². The van der Waals surface area contributed by atoms with Crippen molar-refractivity contribution in [1.82, 2.24) is 0 Å². The summed E-state index contributed by atoms with van der Waals surface area (Å²) in [5.41, 5.74) is 0. The summed E-state index contributed by atoms with van der Waals surface area (Å²) >= 11 is 11.5. The van der Waals surface area contributed by atoms with Gasteiger partial charge in [0.15, 0.2) is 0 Å². The Bertz CT molecular complexity index is 246. The lowest BCUT2D eigenvalue weighted by Gasteiger charge is -2.14. The first-order chi connectivity index (χ1) is 5.66. The van der Waals surface area contributed by atoms with Crippen molar-refractivity contribution in [3.63, 3.8) is 0 Å². The van der Waals surface area contributed by atoms with E-state index in [0.29, 0.717) is 5.92 Å². The minimum Gasteiger partial charge on any atom is -0.146 e. The summed E-state index contributed by atoms with van der Waals surface area (Å²) < 4.78 is 1.15. The van der Waals surface area contributed by atoms with Crippen LogP contribution in [0.25, 0.3) is 0 Å². The van der Waals surface area contributed by atoms with Crippen molar-refractivity contribution >= 4 is 38.9 Å². The third-order valence-electron chi connectivity index (χ3n) is 2.04. The second kappa shape index (κ2) is 4.64. The molecule has 1 heterocycles. The molecule has 0 fully saturated rings. The number of thiophene rings is 1. The highest BCUT2D eigenvalue weighted by Gasteiger charge is 2.18. The number of alkyl halides is 1. The van der Waals surface area contributed by atoms with Gasteiger partial charge in [0.25, 0.3) is 0 Å². The molecule has 68 valence electrons. The molecule has 2 unspecified atom stereocenters. The van der Waals surface area contributed by atoms with Crippen molar-refractivity contribution in [2.75, 3.05) is 0 Å². The van der Waals surface area contributed by atoms with Gasteiger partial charge in [0, 0.05) is 9.35 Å². The van der Waals surface area contributed by atoms with E-state index in [9.17, 15) is 0 Å². The summed E-state index contributed by atoms with van der Waals surface area (Å²) in [6.45, 7) is 4.35. The summed E-state index contributed by atoms with van der Waals surface area (Å²) in [6, 6.07) is 2.05. The van der Waals surface area contributed by atoms with Gasteiger partial charge in [0.2, 0.25) is 0 Å². The van der Waals surface area contributed by atoms with Gasteiger partial charge in [-0.3, -0.25) is 0 Å². The first kappa shape index (κ1) is 10.6. The molecule has 1 aromatic rings.